The minimum Gasteiger partial charge on any atom is -0.344 e. The number of aromatic nitrogens is 3. The van der Waals surface area contributed by atoms with Gasteiger partial charge in [-0.3, -0.25) is 4.79 Å². The summed E-state index contributed by atoms with van der Waals surface area (Å²) < 4.78 is 1.57. The molecule has 1 rings (SSSR count). The molecule has 1 atom stereocenters. The Kier molecular flexibility index (Phi) is 4.91. The summed E-state index contributed by atoms with van der Waals surface area (Å²) in [6.07, 6.45) is 3.94. The lowest BCUT2D eigenvalue weighted by Crippen LogP contribution is -2.34. The van der Waals surface area contributed by atoms with Crippen molar-refractivity contribution in [3.8, 4) is 0 Å². The summed E-state index contributed by atoms with van der Waals surface area (Å²) in [5.41, 5.74) is 0. The lowest BCUT2D eigenvalue weighted by Gasteiger charge is -2.21. The van der Waals surface area contributed by atoms with Crippen LogP contribution in [0.25, 0.3) is 0 Å². The highest BCUT2D eigenvalue weighted by Gasteiger charge is 2.18. The van der Waals surface area contributed by atoms with Crippen molar-refractivity contribution in [1.82, 2.24) is 25.0 Å². The van der Waals surface area contributed by atoms with Gasteiger partial charge in [0, 0.05) is 13.6 Å². The average Bonchev–Trinajstić information content (AvgIpc) is 2.80. The summed E-state index contributed by atoms with van der Waals surface area (Å²) in [5.74, 6) is 0.0570. The van der Waals surface area contributed by atoms with Gasteiger partial charge in [-0.05, 0) is 26.9 Å². The van der Waals surface area contributed by atoms with Crippen LogP contribution in [0.5, 0.6) is 0 Å². The van der Waals surface area contributed by atoms with Crippen LogP contribution in [0.2, 0.25) is 0 Å². The molecule has 90 valence electrons. The number of amides is 1. The molecule has 0 fully saturated rings. The number of rotatable bonds is 6. The summed E-state index contributed by atoms with van der Waals surface area (Å²) in [7, 11) is 3.71. The Balaban J connectivity index is 2.44. The summed E-state index contributed by atoms with van der Waals surface area (Å²) in [5, 5.41) is 7.02. The fraction of sp³-hybridized carbons (Fsp3) is 0.700. The summed E-state index contributed by atoms with van der Waals surface area (Å²) in [6, 6.07) is -0.290. The number of carbonyl (C=O) groups excluding carboxylic acids is 1. The molecule has 1 N–H and O–H groups in total. The van der Waals surface area contributed by atoms with Gasteiger partial charge in [0.15, 0.2) is 0 Å². The molecule has 0 spiro atoms. The number of hydrogen-bond acceptors (Lipinski definition) is 4. The van der Waals surface area contributed by atoms with Gasteiger partial charge < -0.3 is 10.2 Å². The molecule has 1 aromatic heterocycles. The Labute approximate surface area is 95.6 Å². The van der Waals surface area contributed by atoms with Crippen LogP contribution in [0.1, 0.15) is 19.4 Å². The van der Waals surface area contributed by atoms with Crippen LogP contribution >= 0.6 is 0 Å². The molecule has 0 aromatic carbocycles. The van der Waals surface area contributed by atoms with Crippen molar-refractivity contribution in [2.24, 2.45) is 0 Å². The monoisotopic (exact) mass is 225 g/mol. The maximum absolute atomic E-state index is 12.0. The highest BCUT2D eigenvalue weighted by atomic mass is 16.2. The van der Waals surface area contributed by atoms with Crippen LogP contribution in [0.3, 0.4) is 0 Å². The van der Waals surface area contributed by atoms with Crippen molar-refractivity contribution in [3.63, 3.8) is 0 Å². The van der Waals surface area contributed by atoms with Gasteiger partial charge in [-0.2, -0.15) is 5.10 Å². The fourth-order valence-electron chi connectivity index (χ4n) is 1.45. The first-order valence-corrected chi connectivity index (χ1v) is 5.40. The van der Waals surface area contributed by atoms with Crippen molar-refractivity contribution in [3.05, 3.63) is 12.7 Å². The molecule has 0 aliphatic rings. The quantitative estimate of drug-likeness (QED) is 0.687. The van der Waals surface area contributed by atoms with Crippen molar-refractivity contribution in [2.75, 3.05) is 27.2 Å². The number of nitrogens with zero attached hydrogens (tertiary/aromatic N) is 4. The van der Waals surface area contributed by atoms with Crippen LogP contribution in [0.4, 0.5) is 0 Å². The molecular weight excluding hydrogens is 206 g/mol. The van der Waals surface area contributed by atoms with Gasteiger partial charge in [0.1, 0.15) is 18.7 Å². The van der Waals surface area contributed by atoms with E-state index in [-0.39, 0.29) is 11.9 Å². The molecule has 0 aliphatic carbocycles. The van der Waals surface area contributed by atoms with E-state index in [9.17, 15) is 4.79 Å². The Hall–Kier alpha value is -1.43. The van der Waals surface area contributed by atoms with Gasteiger partial charge in [0.2, 0.25) is 5.91 Å². The summed E-state index contributed by atoms with van der Waals surface area (Å²) in [6.45, 7) is 3.49. The third-order valence-corrected chi connectivity index (χ3v) is 2.49. The van der Waals surface area contributed by atoms with Gasteiger partial charge in [-0.1, -0.05) is 0 Å². The van der Waals surface area contributed by atoms with E-state index in [1.807, 2.05) is 21.0 Å². The summed E-state index contributed by atoms with van der Waals surface area (Å²) >= 11 is 0. The first kappa shape index (κ1) is 12.6. The number of carbonyl (C=O) groups is 1. The lowest BCUT2D eigenvalue weighted by molar-refractivity contribution is -0.133. The molecule has 1 unspecified atom stereocenters. The SMILES string of the molecule is CNCCCN(C)C(=O)C(C)n1cncn1. The predicted molar refractivity (Wildman–Crippen MR) is 60.9 cm³/mol. The minimum atomic E-state index is -0.290. The van der Waals surface area contributed by atoms with E-state index in [4.69, 9.17) is 0 Å². The van der Waals surface area contributed by atoms with Gasteiger partial charge >= 0.3 is 0 Å². The van der Waals surface area contributed by atoms with E-state index >= 15 is 0 Å². The standard InChI is InChI=1S/C10H19N5O/c1-9(15-8-12-7-13-15)10(16)14(3)6-4-5-11-2/h7-9,11H,4-6H2,1-3H3. The molecule has 0 radical (unpaired) electrons. The molecule has 1 amide bonds. The van der Waals surface area contributed by atoms with E-state index < -0.39 is 0 Å². The van der Waals surface area contributed by atoms with Crippen LogP contribution in [0.15, 0.2) is 12.7 Å². The van der Waals surface area contributed by atoms with E-state index in [2.05, 4.69) is 15.4 Å². The first-order valence-electron chi connectivity index (χ1n) is 5.40. The topological polar surface area (TPSA) is 63.1 Å². The van der Waals surface area contributed by atoms with Crippen LogP contribution in [-0.4, -0.2) is 52.8 Å². The maximum Gasteiger partial charge on any atom is 0.246 e. The van der Waals surface area contributed by atoms with Crippen molar-refractivity contribution in [2.45, 2.75) is 19.4 Å². The maximum atomic E-state index is 12.0. The molecule has 1 heterocycles. The highest BCUT2D eigenvalue weighted by molar-refractivity contribution is 5.79. The zero-order chi connectivity index (χ0) is 12.0. The zero-order valence-electron chi connectivity index (χ0n) is 10.1. The second-order valence-corrected chi connectivity index (χ2v) is 3.77. The molecule has 6 nitrogen and oxygen atoms in total. The second-order valence-electron chi connectivity index (χ2n) is 3.77. The van der Waals surface area contributed by atoms with E-state index in [0.717, 1.165) is 19.5 Å². The van der Waals surface area contributed by atoms with Gasteiger partial charge in [-0.15, -0.1) is 0 Å². The van der Waals surface area contributed by atoms with E-state index in [0.29, 0.717) is 0 Å². The number of nitrogens with one attached hydrogen (secondary N) is 1. The normalized spacial score (nSPS) is 12.4. The average molecular weight is 225 g/mol. The smallest absolute Gasteiger partial charge is 0.246 e. The van der Waals surface area contributed by atoms with Crippen molar-refractivity contribution >= 4 is 5.91 Å². The molecule has 0 bridgehead atoms. The van der Waals surface area contributed by atoms with E-state index in [1.54, 1.807) is 15.9 Å². The largest absolute Gasteiger partial charge is 0.344 e. The van der Waals surface area contributed by atoms with Crippen LogP contribution < -0.4 is 5.32 Å². The molecule has 1 aromatic rings. The minimum absolute atomic E-state index is 0.0570. The number of likely N-dealkylation sites (N-methyl/N-ethyl adjacent to an activating group) is 1. The first-order chi connectivity index (χ1) is 7.66. The van der Waals surface area contributed by atoms with Crippen LogP contribution in [0, 0.1) is 0 Å². The highest BCUT2D eigenvalue weighted by Crippen LogP contribution is 2.06. The summed E-state index contributed by atoms with van der Waals surface area (Å²) in [4.78, 5) is 17.5. The van der Waals surface area contributed by atoms with E-state index in [1.165, 1.54) is 6.33 Å². The third-order valence-electron chi connectivity index (χ3n) is 2.49. The zero-order valence-corrected chi connectivity index (χ0v) is 10.1. The van der Waals surface area contributed by atoms with Crippen molar-refractivity contribution < 1.29 is 4.79 Å². The van der Waals surface area contributed by atoms with Crippen molar-refractivity contribution in [1.29, 1.82) is 0 Å². The Morgan fingerprint density at radius 3 is 2.94 bits per heavy atom. The predicted octanol–water partition coefficient (Wildman–Crippen LogP) is -0.0930. The third kappa shape index (κ3) is 3.30. The number of hydrogen-bond donors (Lipinski definition) is 1. The Bertz CT molecular complexity index is 311. The molecule has 6 heteroatoms. The Morgan fingerprint density at radius 1 is 1.62 bits per heavy atom. The molecule has 0 saturated carbocycles. The molecule has 0 aliphatic heterocycles. The van der Waals surface area contributed by atoms with Crippen LogP contribution in [-0.2, 0) is 4.79 Å². The lowest BCUT2D eigenvalue weighted by atomic mass is 10.3. The van der Waals surface area contributed by atoms with Gasteiger partial charge in [-0.25, -0.2) is 9.67 Å². The molecule has 16 heavy (non-hydrogen) atoms. The molecule has 0 saturated heterocycles. The van der Waals surface area contributed by atoms with Gasteiger partial charge in [0.05, 0.1) is 0 Å². The Morgan fingerprint density at radius 2 is 2.38 bits per heavy atom. The second kappa shape index (κ2) is 6.22. The fourth-order valence-corrected chi connectivity index (χ4v) is 1.45. The van der Waals surface area contributed by atoms with Gasteiger partial charge in [0.25, 0.3) is 0 Å². The molecular formula is C10H19N5O.